The average Bonchev–Trinajstić information content (AvgIpc) is 2.78. The summed E-state index contributed by atoms with van der Waals surface area (Å²) in [5, 5.41) is 9.71. The number of nitrogens with zero attached hydrogens (tertiary/aromatic N) is 1. The van der Waals surface area contributed by atoms with Crippen LogP contribution in [0.3, 0.4) is 0 Å². The minimum absolute atomic E-state index is 0.00782. The molecule has 0 aromatic heterocycles. The molecular formula is C25H24ClNO4. The standard InChI is InChI=1S/C25H24ClNO4/c1-27(14-25(28)29)22-12-20-5-4-19(13-24(20)31-16-22)18-6-10-23(11-7-18)30-15-17-2-8-21(26)9-3-17/h2-11,13,22H,12,14-16H2,1H3,(H,28,29). The van der Waals surface area contributed by atoms with Crippen LogP contribution in [-0.2, 0) is 17.8 Å². The second-order valence-corrected chi connectivity index (χ2v) is 8.18. The molecule has 1 unspecified atom stereocenters. The minimum Gasteiger partial charge on any atom is -0.492 e. The van der Waals surface area contributed by atoms with Crippen molar-refractivity contribution in [3.8, 4) is 22.6 Å². The number of rotatable bonds is 7. The Balaban J connectivity index is 1.40. The van der Waals surface area contributed by atoms with Crippen molar-refractivity contribution in [2.45, 2.75) is 19.1 Å². The fourth-order valence-corrected chi connectivity index (χ4v) is 3.78. The summed E-state index contributed by atoms with van der Waals surface area (Å²) in [6.07, 6.45) is 0.775. The van der Waals surface area contributed by atoms with Gasteiger partial charge in [0.1, 0.15) is 24.7 Å². The molecule has 0 bridgehead atoms. The highest BCUT2D eigenvalue weighted by Crippen LogP contribution is 2.32. The van der Waals surface area contributed by atoms with Crippen LogP contribution in [0.5, 0.6) is 11.5 Å². The third kappa shape index (κ3) is 5.37. The lowest BCUT2D eigenvalue weighted by Crippen LogP contribution is -2.43. The van der Waals surface area contributed by atoms with E-state index in [1.54, 1.807) is 0 Å². The Morgan fingerprint density at radius 2 is 1.81 bits per heavy atom. The van der Waals surface area contributed by atoms with Crippen LogP contribution in [0, 0.1) is 0 Å². The smallest absolute Gasteiger partial charge is 0.317 e. The second kappa shape index (κ2) is 9.41. The summed E-state index contributed by atoms with van der Waals surface area (Å²) in [5.74, 6) is 0.835. The van der Waals surface area contributed by atoms with Crippen molar-refractivity contribution in [3.63, 3.8) is 0 Å². The molecule has 1 aliphatic heterocycles. The van der Waals surface area contributed by atoms with E-state index in [0.717, 1.165) is 40.2 Å². The molecular weight excluding hydrogens is 414 g/mol. The zero-order valence-corrected chi connectivity index (χ0v) is 18.0. The summed E-state index contributed by atoms with van der Waals surface area (Å²) < 4.78 is 11.8. The Labute approximate surface area is 186 Å². The number of carbonyl (C=O) groups is 1. The molecule has 0 radical (unpaired) electrons. The van der Waals surface area contributed by atoms with Gasteiger partial charge in [0.2, 0.25) is 0 Å². The average molecular weight is 438 g/mol. The molecule has 0 saturated carbocycles. The van der Waals surface area contributed by atoms with E-state index in [4.69, 9.17) is 26.2 Å². The van der Waals surface area contributed by atoms with Gasteiger partial charge in [-0.05, 0) is 66.1 Å². The number of aliphatic carboxylic acids is 1. The van der Waals surface area contributed by atoms with Crippen LogP contribution in [0.15, 0.2) is 66.7 Å². The van der Waals surface area contributed by atoms with Crippen LogP contribution in [0.2, 0.25) is 5.02 Å². The molecule has 5 nitrogen and oxygen atoms in total. The topological polar surface area (TPSA) is 59.0 Å². The van der Waals surface area contributed by atoms with Gasteiger partial charge in [0.05, 0.1) is 6.54 Å². The fraction of sp³-hybridized carbons (Fsp3) is 0.240. The van der Waals surface area contributed by atoms with Crippen molar-refractivity contribution in [1.82, 2.24) is 4.90 Å². The SMILES string of the molecule is CN(CC(=O)O)C1COc2cc(-c3ccc(OCc4ccc(Cl)cc4)cc3)ccc2C1. The molecule has 4 rings (SSSR count). The molecule has 1 atom stereocenters. The predicted octanol–water partition coefficient (Wildman–Crippen LogP) is 4.91. The van der Waals surface area contributed by atoms with Gasteiger partial charge in [-0.2, -0.15) is 0 Å². The Morgan fingerprint density at radius 3 is 2.52 bits per heavy atom. The lowest BCUT2D eigenvalue weighted by Gasteiger charge is -2.31. The van der Waals surface area contributed by atoms with E-state index >= 15 is 0 Å². The molecule has 3 aromatic carbocycles. The monoisotopic (exact) mass is 437 g/mol. The molecule has 31 heavy (non-hydrogen) atoms. The first-order valence-corrected chi connectivity index (χ1v) is 10.5. The maximum atomic E-state index is 11.0. The molecule has 0 spiro atoms. The Morgan fingerprint density at radius 1 is 1.10 bits per heavy atom. The van der Waals surface area contributed by atoms with Crippen molar-refractivity contribution >= 4 is 17.6 Å². The molecule has 1 N–H and O–H groups in total. The molecule has 0 aliphatic carbocycles. The van der Waals surface area contributed by atoms with E-state index in [1.165, 1.54) is 0 Å². The largest absolute Gasteiger partial charge is 0.492 e. The highest BCUT2D eigenvalue weighted by Gasteiger charge is 2.24. The summed E-state index contributed by atoms with van der Waals surface area (Å²) in [6, 6.07) is 21.9. The van der Waals surface area contributed by atoms with Crippen molar-refractivity contribution in [1.29, 1.82) is 0 Å². The van der Waals surface area contributed by atoms with Crippen molar-refractivity contribution in [3.05, 3.63) is 82.9 Å². The molecule has 1 heterocycles. The predicted molar refractivity (Wildman–Crippen MR) is 121 cm³/mol. The van der Waals surface area contributed by atoms with Crippen molar-refractivity contribution < 1.29 is 19.4 Å². The number of hydrogen-bond acceptors (Lipinski definition) is 4. The highest BCUT2D eigenvalue weighted by molar-refractivity contribution is 6.30. The number of hydrogen-bond donors (Lipinski definition) is 1. The fourth-order valence-electron chi connectivity index (χ4n) is 3.65. The molecule has 0 saturated heterocycles. The van der Waals surface area contributed by atoms with Crippen LogP contribution in [0.25, 0.3) is 11.1 Å². The van der Waals surface area contributed by atoms with Crippen LogP contribution < -0.4 is 9.47 Å². The third-order valence-corrected chi connectivity index (χ3v) is 5.72. The molecule has 1 aliphatic rings. The van der Waals surface area contributed by atoms with E-state index in [0.29, 0.717) is 18.2 Å². The van der Waals surface area contributed by atoms with Gasteiger partial charge >= 0.3 is 5.97 Å². The first-order valence-electron chi connectivity index (χ1n) is 10.1. The Bertz CT molecular complexity index is 1050. The van der Waals surface area contributed by atoms with E-state index in [2.05, 4.69) is 12.1 Å². The summed E-state index contributed by atoms with van der Waals surface area (Å²) in [4.78, 5) is 12.8. The van der Waals surface area contributed by atoms with Gasteiger partial charge in [-0.25, -0.2) is 0 Å². The third-order valence-electron chi connectivity index (χ3n) is 5.47. The highest BCUT2D eigenvalue weighted by atomic mass is 35.5. The second-order valence-electron chi connectivity index (χ2n) is 7.74. The molecule has 3 aromatic rings. The molecule has 0 amide bonds. The van der Waals surface area contributed by atoms with Crippen LogP contribution in [0.1, 0.15) is 11.1 Å². The maximum absolute atomic E-state index is 11.0. The number of likely N-dealkylation sites (N-methyl/N-ethyl adjacent to an activating group) is 1. The van der Waals surface area contributed by atoms with Gasteiger partial charge in [0.15, 0.2) is 0 Å². The maximum Gasteiger partial charge on any atom is 0.317 e. The van der Waals surface area contributed by atoms with Crippen LogP contribution in [-0.4, -0.2) is 42.2 Å². The number of halogens is 1. The number of carboxylic acid groups (broad SMARTS) is 1. The molecule has 0 fully saturated rings. The first kappa shape index (κ1) is 21.2. The number of benzene rings is 3. The quantitative estimate of drug-likeness (QED) is 0.569. The normalized spacial score (nSPS) is 15.3. The van der Waals surface area contributed by atoms with Crippen molar-refractivity contribution in [2.24, 2.45) is 0 Å². The number of ether oxygens (including phenoxy) is 2. The lowest BCUT2D eigenvalue weighted by atomic mass is 9.97. The van der Waals surface area contributed by atoms with Crippen LogP contribution >= 0.6 is 11.6 Å². The zero-order valence-electron chi connectivity index (χ0n) is 17.3. The zero-order chi connectivity index (χ0) is 21.8. The Hall–Kier alpha value is -3.02. The van der Waals surface area contributed by atoms with E-state index in [9.17, 15) is 4.79 Å². The molecule has 6 heteroatoms. The van der Waals surface area contributed by atoms with Gasteiger partial charge in [0.25, 0.3) is 0 Å². The summed E-state index contributed by atoms with van der Waals surface area (Å²) in [7, 11) is 1.82. The van der Waals surface area contributed by atoms with Crippen LogP contribution in [0.4, 0.5) is 0 Å². The Kier molecular flexibility index (Phi) is 6.44. The minimum atomic E-state index is -0.829. The van der Waals surface area contributed by atoms with Crippen molar-refractivity contribution in [2.75, 3.05) is 20.2 Å². The first-order chi connectivity index (χ1) is 15.0. The summed E-state index contributed by atoms with van der Waals surface area (Å²) in [5.41, 5.74) is 4.31. The molecule has 160 valence electrons. The summed E-state index contributed by atoms with van der Waals surface area (Å²) in [6.45, 7) is 0.978. The lowest BCUT2D eigenvalue weighted by molar-refractivity contribution is -0.138. The van der Waals surface area contributed by atoms with Gasteiger partial charge in [-0.15, -0.1) is 0 Å². The summed E-state index contributed by atoms with van der Waals surface area (Å²) >= 11 is 5.91. The van der Waals surface area contributed by atoms with E-state index < -0.39 is 5.97 Å². The van der Waals surface area contributed by atoms with Gasteiger partial charge < -0.3 is 14.6 Å². The number of fused-ring (bicyclic) bond motifs is 1. The van der Waals surface area contributed by atoms with Gasteiger partial charge in [-0.1, -0.05) is 48.0 Å². The van der Waals surface area contributed by atoms with Gasteiger partial charge in [0, 0.05) is 11.1 Å². The van der Waals surface area contributed by atoms with E-state index in [1.807, 2.05) is 66.5 Å². The van der Waals surface area contributed by atoms with Gasteiger partial charge in [-0.3, -0.25) is 9.69 Å². The number of carboxylic acids is 1. The van der Waals surface area contributed by atoms with E-state index in [-0.39, 0.29) is 12.6 Å².